The molecule has 0 fully saturated rings. The van der Waals surface area contributed by atoms with Gasteiger partial charge >= 0.3 is 0 Å². The van der Waals surface area contributed by atoms with E-state index in [4.69, 9.17) is 10.8 Å². The van der Waals surface area contributed by atoms with Crippen LogP contribution >= 0.6 is 0 Å². The summed E-state index contributed by atoms with van der Waals surface area (Å²) in [5.74, 6) is -0.653. The molecule has 2 N–H and O–H groups in total. The molecule has 2 nitrogen and oxygen atoms in total. The molecule has 0 heterocycles. The van der Waals surface area contributed by atoms with E-state index >= 15 is 0 Å². The average molecular weight is 144 g/mol. The van der Waals surface area contributed by atoms with Gasteiger partial charge in [0.05, 0.1) is 6.21 Å². The zero-order valence-corrected chi connectivity index (χ0v) is 6.53. The van der Waals surface area contributed by atoms with Crippen molar-refractivity contribution in [2.45, 2.75) is 20.8 Å². The SMILES string of the molecule is C/C(C=N)=C(\F)C=N.CC. The first-order valence-electron chi connectivity index (χ1n) is 3.09. The normalized spacial score (nSPS) is 10.4. The summed E-state index contributed by atoms with van der Waals surface area (Å²) in [6.45, 7) is 5.44. The van der Waals surface area contributed by atoms with Gasteiger partial charge in [-0.05, 0) is 6.92 Å². The molecule has 58 valence electrons. The Kier molecular flexibility index (Phi) is 9.42. The van der Waals surface area contributed by atoms with E-state index in [-0.39, 0.29) is 5.57 Å². The van der Waals surface area contributed by atoms with E-state index in [1.54, 1.807) is 0 Å². The average Bonchev–Trinajstić information content (AvgIpc) is 2.05. The zero-order valence-electron chi connectivity index (χ0n) is 6.53. The molecule has 0 amide bonds. The van der Waals surface area contributed by atoms with Crippen molar-refractivity contribution < 1.29 is 4.39 Å². The van der Waals surface area contributed by atoms with Gasteiger partial charge in [-0.25, -0.2) is 4.39 Å². The third-order valence-corrected chi connectivity index (χ3v) is 0.720. The summed E-state index contributed by atoms with van der Waals surface area (Å²) >= 11 is 0. The number of allylic oxidation sites excluding steroid dienone is 2. The van der Waals surface area contributed by atoms with Crippen LogP contribution in [0.2, 0.25) is 0 Å². The molecule has 0 rings (SSSR count). The van der Waals surface area contributed by atoms with Crippen molar-refractivity contribution in [2.75, 3.05) is 0 Å². The molecular weight excluding hydrogens is 131 g/mol. The van der Waals surface area contributed by atoms with Crippen molar-refractivity contribution in [1.29, 1.82) is 10.8 Å². The maximum Gasteiger partial charge on any atom is 0.145 e. The van der Waals surface area contributed by atoms with Gasteiger partial charge in [-0.1, -0.05) is 13.8 Å². The van der Waals surface area contributed by atoms with Gasteiger partial charge in [-0.3, -0.25) is 0 Å². The first-order valence-corrected chi connectivity index (χ1v) is 3.09. The van der Waals surface area contributed by atoms with E-state index in [1.165, 1.54) is 6.92 Å². The van der Waals surface area contributed by atoms with Crippen molar-refractivity contribution in [1.82, 2.24) is 0 Å². The second kappa shape index (κ2) is 8.01. The predicted molar refractivity (Wildman–Crippen MR) is 42.7 cm³/mol. The van der Waals surface area contributed by atoms with E-state index in [0.717, 1.165) is 6.21 Å². The van der Waals surface area contributed by atoms with E-state index in [1.807, 2.05) is 13.8 Å². The molecule has 0 aromatic heterocycles. The highest BCUT2D eigenvalue weighted by atomic mass is 19.1. The van der Waals surface area contributed by atoms with Crippen LogP contribution in [0.15, 0.2) is 11.4 Å². The molecule has 0 aliphatic heterocycles. The minimum Gasteiger partial charge on any atom is -0.308 e. The molecule has 0 bridgehead atoms. The molecule has 3 heteroatoms. The monoisotopic (exact) mass is 144 g/mol. The van der Waals surface area contributed by atoms with Crippen LogP contribution in [0.5, 0.6) is 0 Å². The van der Waals surface area contributed by atoms with Gasteiger partial charge in [-0.2, -0.15) is 0 Å². The van der Waals surface area contributed by atoms with E-state index in [0.29, 0.717) is 6.21 Å². The maximum absolute atomic E-state index is 12.0. The maximum atomic E-state index is 12.0. The van der Waals surface area contributed by atoms with Gasteiger partial charge in [0.15, 0.2) is 0 Å². The fourth-order valence-electron chi connectivity index (χ4n) is 0.183. The smallest absolute Gasteiger partial charge is 0.145 e. The Hall–Kier alpha value is -0.990. The van der Waals surface area contributed by atoms with Gasteiger partial charge in [0.2, 0.25) is 0 Å². The third-order valence-electron chi connectivity index (χ3n) is 0.720. The minimum absolute atomic E-state index is 0.181. The van der Waals surface area contributed by atoms with Gasteiger partial charge in [0.25, 0.3) is 0 Å². The summed E-state index contributed by atoms with van der Waals surface area (Å²) in [5.41, 5.74) is 0.181. The van der Waals surface area contributed by atoms with E-state index < -0.39 is 5.83 Å². The van der Waals surface area contributed by atoms with Crippen LogP contribution in [-0.2, 0) is 0 Å². The second-order valence-electron chi connectivity index (χ2n) is 1.32. The van der Waals surface area contributed by atoms with Crippen LogP contribution in [0.3, 0.4) is 0 Å². The van der Waals surface area contributed by atoms with Crippen LogP contribution in [0.25, 0.3) is 0 Å². The molecule has 0 spiro atoms. The summed E-state index contributed by atoms with van der Waals surface area (Å²) in [6.07, 6.45) is 1.46. The van der Waals surface area contributed by atoms with Crippen LogP contribution in [0.4, 0.5) is 4.39 Å². The Morgan fingerprint density at radius 2 is 1.60 bits per heavy atom. The number of nitrogens with one attached hydrogen (secondary N) is 2. The lowest BCUT2D eigenvalue weighted by Gasteiger charge is -1.85. The molecule has 0 aromatic carbocycles. The molecular formula is C7H13FN2. The summed E-state index contributed by atoms with van der Waals surface area (Å²) in [7, 11) is 0. The topological polar surface area (TPSA) is 47.7 Å². The number of halogens is 1. The summed E-state index contributed by atoms with van der Waals surface area (Å²) in [4.78, 5) is 0. The van der Waals surface area contributed by atoms with Crippen LogP contribution in [0, 0.1) is 10.8 Å². The summed E-state index contributed by atoms with van der Waals surface area (Å²) < 4.78 is 12.0. The fraction of sp³-hybridized carbons (Fsp3) is 0.429. The number of hydrogen-bond donors (Lipinski definition) is 2. The number of hydrogen-bond acceptors (Lipinski definition) is 2. The lowest BCUT2D eigenvalue weighted by Crippen LogP contribution is -1.81. The number of rotatable bonds is 2. The Balaban J connectivity index is 0. The quantitative estimate of drug-likeness (QED) is 0.559. The standard InChI is InChI=1S/C5H7FN2.C2H6/c1-4(2-7)5(6)3-8;1-2/h2-3,7-8H,1H3;1-2H3/b5-4+,7-2?,8-3?;. The first-order chi connectivity index (χ1) is 4.72. The van der Waals surface area contributed by atoms with Crippen LogP contribution < -0.4 is 0 Å². The highest BCUT2D eigenvalue weighted by molar-refractivity contribution is 5.86. The van der Waals surface area contributed by atoms with E-state index in [9.17, 15) is 4.39 Å². The Labute approximate surface area is 60.8 Å². The predicted octanol–water partition coefficient (Wildman–Crippen LogP) is 2.56. The molecule has 0 aliphatic rings. The Bertz CT molecular complexity index is 123. The van der Waals surface area contributed by atoms with E-state index in [2.05, 4.69) is 0 Å². The highest BCUT2D eigenvalue weighted by Crippen LogP contribution is 1.97. The lowest BCUT2D eigenvalue weighted by molar-refractivity contribution is 0.679. The molecule has 0 saturated heterocycles. The largest absolute Gasteiger partial charge is 0.308 e. The van der Waals surface area contributed by atoms with Crippen molar-refractivity contribution >= 4 is 12.4 Å². The molecule has 0 atom stereocenters. The molecule has 0 aromatic rings. The van der Waals surface area contributed by atoms with Crippen LogP contribution in [-0.4, -0.2) is 12.4 Å². The Morgan fingerprint density at radius 1 is 1.20 bits per heavy atom. The summed E-state index contributed by atoms with van der Waals surface area (Å²) in [6, 6.07) is 0. The van der Waals surface area contributed by atoms with Gasteiger partial charge < -0.3 is 10.8 Å². The van der Waals surface area contributed by atoms with Crippen molar-refractivity contribution in [3.05, 3.63) is 11.4 Å². The molecule has 0 unspecified atom stereocenters. The van der Waals surface area contributed by atoms with Gasteiger partial charge in [0.1, 0.15) is 5.83 Å². The Morgan fingerprint density at radius 3 is 1.70 bits per heavy atom. The molecule has 0 radical (unpaired) electrons. The second-order valence-corrected chi connectivity index (χ2v) is 1.32. The van der Waals surface area contributed by atoms with Crippen molar-refractivity contribution in [3.63, 3.8) is 0 Å². The fourth-order valence-corrected chi connectivity index (χ4v) is 0.183. The molecule has 0 saturated carbocycles. The van der Waals surface area contributed by atoms with Gasteiger partial charge in [-0.15, -0.1) is 0 Å². The summed E-state index contributed by atoms with van der Waals surface area (Å²) in [5, 5.41) is 12.9. The van der Waals surface area contributed by atoms with Gasteiger partial charge in [0, 0.05) is 11.8 Å². The minimum atomic E-state index is -0.653. The van der Waals surface area contributed by atoms with Crippen molar-refractivity contribution in [2.24, 2.45) is 0 Å². The van der Waals surface area contributed by atoms with Crippen molar-refractivity contribution in [3.8, 4) is 0 Å². The lowest BCUT2D eigenvalue weighted by atomic mass is 10.3. The first kappa shape index (κ1) is 11.8. The molecule has 0 aliphatic carbocycles. The van der Waals surface area contributed by atoms with Crippen LogP contribution in [0.1, 0.15) is 20.8 Å². The highest BCUT2D eigenvalue weighted by Gasteiger charge is 1.90. The third kappa shape index (κ3) is 5.15. The molecule has 10 heavy (non-hydrogen) atoms. The zero-order chi connectivity index (χ0) is 8.57.